The first kappa shape index (κ1) is 24.2. The Morgan fingerprint density at radius 1 is 1.26 bits per heavy atom. The zero-order valence-corrected chi connectivity index (χ0v) is 17.7. The van der Waals surface area contributed by atoms with Crippen LogP contribution in [0.5, 0.6) is 0 Å². The molecule has 2 fully saturated rings. The van der Waals surface area contributed by atoms with Gasteiger partial charge in [-0.25, -0.2) is 0 Å². The van der Waals surface area contributed by atoms with Crippen molar-refractivity contribution in [3.8, 4) is 0 Å². The van der Waals surface area contributed by atoms with Gasteiger partial charge in [0.25, 0.3) is 0 Å². The smallest absolute Gasteiger partial charge is 0.220 e. The Hall–Kier alpha value is -0.850. The van der Waals surface area contributed by atoms with Crippen LogP contribution in [0.4, 0.5) is 0 Å². The first-order valence-electron chi connectivity index (χ1n) is 9.57. The fourth-order valence-electron chi connectivity index (χ4n) is 3.64. The van der Waals surface area contributed by atoms with Gasteiger partial charge >= 0.3 is 0 Å². The third-order valence-electron chi connectivity index (χ3n) is 5.30. The highest BCUT2D eigenvalue weighted by Gasteiger charge is 2.21. The lowest BCUT2D eigenvalue weighted by atomic mass is 10.0. The summed E-state index contributed by atoms with van der Waals surface area (Å²) in [5, 5.41) is 6.65. The summed E-state index contributed by atoms with van der Waals surface area (Å²) < 4.78 is 5.44. The Labute approximate surface area is 175 Å². The van der Waals surface area contributed by atoms with Gasteiger partial charge in [-0.15, -0.1) is 24.8 Å². The van der Waals surface area contributed by atoms with Crippen LogP contribution in [0.15, 0.2) is 24.3 Å². The molecular formula is C20H33Cl2N3O2. The van der Waals surface area contributed by atoms with Crippen LogP contribution in [0.25, 0.3) is 0 Å². The first-order valence-corrected chi connectivity index (χ1v) is 9.57. The lowest BCUT2D eigenvalue weighted by molar-refractivity contribution is -0.122. The molecule has 2 aliphatic rings. The van der Waals surface area contributed by atoms with Crippen LogP contribution in [0, 0.1) is 12.8 Å². The highest BCUT2D eigenvalue weighted by Crippen LogP contribution is 2.18. The van der Waals surface area contributed by atoms with Crippen LogP contribution in [-0.2, 0) is 9.53 Å². The third kappa shape index (κ3) is 7.96. The van der Waals surface area contributed by atoms with Crippen LogP contribution in [0.3, 0.4) is 0 Å². The highest BCUT2D eigenvalue weighted by atomic mass is 35.5. The van der Waals surface area contributed by atoms with Crippen LogP contribution < -0.4 is 10.6 Å². The SMILES string of the molecule is Cc1ccc(C(CN2CCOCC2)NC(=O)CCC2CCNC2)cc1.Cl.Cl. The van der Waals surface area contributed by atoms with Crippen molar-refractivity contribution in [1.82, 2.24) is 15.5 Å². The molecule has 1 amide bonds. The zero-order chi connectivity index (χ0) is 17.5. The Morgan fingerprint density at radius 3 is 2.59 bits per heavy atom. The maximum absolute atomic E-state index is 12.5. The van der Waals surface area contributed by atoms with Crippen LogP contribution in [0.1, 0.15) is 36.4 Å². The summed E-state index contributed by atoms with van der Waals surface area (Å²) in [7, 11) is 0. The summed E-state index contributed by atoms with van der Waals surface area (Å²) in [6, 6.07) is 8.58. The molecule has 0 saturated carbocycles. The largest absolute Gasteiger partial charge is 0.379 e. The van der Waals surface area contributed by atoms with E-state index in [2.05, 4.69) is 46.7 Å². The van der Waals surface area contributed by atoms with Gasteiger partial charge in [-0.3, -0.25) is 9.69 Å². The van der Waals surface area contributed by atoms with Gasteiger partial charge < -0.3 is 15.4 Å². The number of amides is 1. The number of aryl methyl sites for hydroxylation is 1. The minimum absolute atomic E-state index is 0. The summed E-state index contributed by atoms with van der Waals surface area (Å²) in [5.74, 6) is 0.827. The van der Waals surface area contributed by atoms with Crippen molar-refractivity contribution in [3.05, 3.63) is 35.4 Å². The van der Waals surface area contributed by atoms with Crippen molar-refractivity contribution < 1.29 is 9.53 Å². The molecule has 0 aromatic heterocycles. The van der Waals surface area contributed by atoms with E-state index in [1.807, 2.05) is 0 Å². The zero-order valence-electron chi connectivity index (χ0n) is 16.1. The minimum atomic E-state index is 0. The predicted octanol–water partition coefficient (Wildman–Crippen LogP) is 2.72. The summed E-state index contributed by atoms with van der Waals surface area (Å²) >= 11 is 0. The van der Waals surface area contributed by atoms with Gasteiger partial charge in [-0.05, 0) is 44.3 Å². The fourth-order valence-corrected chi connectivity index (χ4v) is 3.64. The molecule has 2 unspecified atom stereocenters. The van der Waals surface area contributed by atoms with E-state index in [9.17, 15) is 4.79 Å². The number of carbonyl (C=O) groups excluding carboxylic acids is 1. The second kappa shape index (κ2) is 12.6. The Balaban J connectivity index is 0.00000182. The molecule has 2 saturated heterocycles. The molecule has 0 spiro atoms. The summed E-state index contributed by atoms with van der Waals surface area (Å²) in [4.78, 5) is 14.9. The number of rotatable bonds is 7. The lowest BCUT2D eigenvalue weighted by Crippen LogP contribution is -2.43. The van der Waals surface area contributed by atoms with E-state index in [1.165, 1.54) is 17.5 Å². The summed E-state index contributed by atoms with van der Waals surface area (Å²) in [6.45, 7) is 8.53. The first-order chi connectivity index (χ1) is 12.2. The predicted molar refractivity (Wildman–Crippen MR) is 114 cm³/mol. The van der Waals surface area contributed by atoms with Crippen molar-refractivity contribution in [3.63, 3.8) is 0 Å². The van der Waals surface area contributed by atoms with Crippen LogP contribution in [-0.4, -0.2) is 56.7 Å². The molecule has 2 heterocycles. The van der Waals surface area contributed by atoms with Crippen molar-refractivity contribution in [2.24, 2.45) is 5.92 Å². The maximum Gasteiger partial charge on any atom is 0.220 e. The van der Waals surface area contributed by atoms with E-state index in [-0.39, 0.29) is 36.8 Å². The van der Waals surface area contributed by atoms with Gasteiger partial charge in [0, 0.05) is 26.1 Å². The molecule has 7 heteroatoms. The van der Waals surface area contributed by atoms with E-state index in [0.717, 1.165) is 52.4 Å². The van der Waals surface area contributed by atoms with Gasteiger partial charge in [0.2, 0.25) is 5.91 Å². The molecule has 3 rings (SSSR count). The average Bonchev–Trinajstić information content (AvgIpc) is 3.15. The molecule has 2 aliphatic heterocycles. The number of morpholine rings is 1. The Kier molecular flexibility index (Phi) is 11.3. The summed E-state index contributed by atoms with van der Waals surface area (Å²) in [6.07, 6.45) is 2.80. The molecule has 1 aromatic rings. The number of hydrogen-bond acceptors (Lipinski definition) is 4. The second-order valence-electron chi connectivity index (χ2n) is 7.34. The average molecular weight is 418 g/mol. The van der Waals surface area contributed by atoms with Gasteiger partial charge in [0.05, 0.1) is 19.3 Å². The quantitative estimate of drug-likeness (QED) is 0.715. The molecule has 0 aliphatic carbocycles. The van der Waals surface area contributed by atoms with Gasteiger partial charge in [-0.2, -0.15) is 0 Å². The maximum atomic E-state index is 12.5. The molecule has 5 nitrogen and oxygen atoms in total. The Morgan fingerprint density at radius 2 is 1.96 bits per heavy atom. The molecule has 2 atom stereocenters. The minimum Gasteiger partial charge on any atom is -0.379 e. The lowest BCUT2D eigenvalue weighted by Gasteiger charge is -2.31. The number of ether oxygens (including phenoxy) is 1. The van der Waals surface area contributed by atoms with Gasteiger partial charge in [-0.1, -0.05) is 29.8 Å². The van der Waals surface area contributed by atoms with Crippen molar-refractivity contribution in [1.29, 1.82) is 0 Å². The van der Waals surface area contributed by atoms with E-state index in [1.54, 1.807) is 0 Å². The number of carbonyl (C=O) groups is 1. The summed E-state index contributed by atoms with van der Waals surface area (Å²) in [5.41, 5.74) is 2.43. The van der Waals surface area contributed by atoms with Gasteiger partial charge in [0.15, 0.2) is 0 Å². The molecule has 0 radical (unpaired) electrons. The van der Waals surface area contributed by atoms with E-state index < -0.39 is 0 Å². The van der Waals surface area contributed by atoms with Crippen molar-refractivity contribution >= 4 is 30.7 Å². The number of nitrogens with one attached hydrogen (secondary N) is 2. The molecule has 27 heavy (non-hydrogen) atoms. The number of nitrogens with zero attached hydrogens (tertiary/aromatic N) is 1. The van der Waals surface area contributed by atoms with Crippen molar-refractivity contribution in [2.45, 2.75) is 32.2 Å². The van der Waals surface area contributed by atoms with Gasteiger partial charge in [0.1, 0.15) is 0 Å². The number of hydrogen-bond donors (Lipinski definition) is 2. The molecule has 0 bridgehead atoms. The number of benzene rings is 1. The second-order valence-corrected chi connectivity index (χ2v) is 7.34. The molecule has 1 aromatic carbocycles. The molecular weight excluding hydrogens is 385 g/mol. The van der Waals surface area contributed by atoms with Crippen LogP contribution >= 0.6 is 24.8 Å². The van der Waals surface area contributed by atoms with E-state index in [0.29, 0.717) is 12.3 Å². The molecule has 2 N–H and O–H groups in total. The monoisotopic (exact) mass is 417 g/mol. The topological polar surface area (TPSA) is 53.6 Å². The van der Waals surface area contributed by atoms with E-state index in [4.69, 9.17) is 4.74 Å². The third-order valence-corrected chi connectivity index (χ3v) is 5.30. The highest BCUT2D eigenvalue weighted by molar-refractivity contribution is 5.85. The molecule has 154 valence electrons. The number of halogens is 2. The Bertz CT molecular complexity index is 545. The van der Waals surface area contributed by atoms with Crippen molar-refractivity contribution in [2.75, 3.05) is 45.9 Å². The van der Waals surface area contributed by atoms with Crippen LogP contribution in [0.2, 0.25) is 0 Å². The van der Waals surface area contributed by atoms with E-state index >= 15 is 0 Å². The standard InChI is InChI=1S/C20H31N3O2.2ClH/c1-16-2-5-18(6-3-16)19(15-23-10-12-25-13-11-23)22-20(24)7-4-17-8-9-21-14-17;;/h2-3,5-6,17,19,21H,4,7-15H2,1H3,(H,22,24);2*1H. The fraction of sp³-hybridized carbons (Fsp3) is 0.650. The normalized spacial score (nSPS) is 21.0.